The minimum atomic E-state index is -0.345. The molecule has 140 valence electrons. The van der Waals surface area contributed by atoms with Crippen LogP contribution in [0.4, 0.5) is 5.82 Å². The number of halogens is 2. The number of carbonyl (C=O) groups is 1. The molecule has 0 aliphatic heterocycles. The Balaban J connectivity index is 1.93. The number of hydrogen-bond donors (Lipinski definition) is 1. The van der Waals surface area contributed by atoms with Gasteiger partial charge >= 0.3 is 0 Å². The molecule has 0 aliphatic carbocycles. The van der Waals surface area contributed by atoms with Crippen LogP contribution in [-0.4, -0.2) is 34.9 Å². The number of aromatic nitrogens is 3. The van der Waals surface area contributed by atoms with Crippen LogP contribution in [0.5, 0.6) is 11.5 Å². The Bertz CT molecular complexity index is 1000. The molecule has 2 aromatic heterocycles. The molecule has 0 saturated carbocycles. The number of methoxy groups -OCH3 is 2. The molecule has 0 radical (unpaired) electrons. The summed E-state index contributed by atoms with van der Waals surface area (Å²) < 4.78 is 11.9. The van der Waals surface area contributed by atoms with Crippen molar-refractivity contribution in [2.75, 3.05) is 19.5 Å². The summed E-state index contributed by atoms with van der Waals surface area (Å²) in [6.45, 7) is 1.80. The summed E-state index contributed by atoms with van der Waals surface area (Å²) in [6, 6.07) is 8.16. The van der Waals surface area contributed by atoms with Gasteiger partial charge in [0.05, 0.1) is 30.0 Å². The lowest BCUT2D eigenvalue weighted by Crippen LogP contribution is -2.16. The number of nitrogens with zero attached hydrogens (tertiary/aromatic N) is 3. The van der Waals surface area contributed by atoms with Crippen molar-refractivity contribution in [1.29, 1.82) is 0 Å². The zero-order valence-electron chi connectivity index (χ0n) is 14.8. The van der Waals surface area contributed by atoms with Crippen molar-refractivity contribution < 1.29 is 14.3 Å². The van der Waals surface area contributed by atoms with Gasteiger partial charge in [0.15, 0.2) is 17.3 Å². The number of pyridine rings is 1. The van der Waals surface area contributed by atoms with E-state index >= 15 is 0 Å². The zero-order chi connectivity index (χ0) is 19.6. The molecule has 0 spiro atoms. The Hall–Kier alpha value is -2.77. The number of benzene rings is 1. The molecule has 3 rings (SSSR count). The summed E-state index contributed by atoms with van der Waals surface area (Å²) in [5.74, 6) is 1.42. The summed E-state index contributed by atoms with van der Waals surface area (Å²) >= 11 is 12.1. The fourth-order valence-corrected chi connectivity index (χ4v) is 2.94. The highest BCUT2D eigenvalue weighted by atomic mass is 35.5. The van der Waals surface area contributed by atoms with E-state index in [2.05, 4.69) is 15.4 Å². The lowest BCUT2D eigenvalue weighted by Gasteiger charge is -2.11. The first-order chi connectivity index (χ1) is 12.9. The van der Waals surface area contributed by atoms with Gasteiger partial charge in [-0.2, -0.15) is 9.78 Å². The normalized spacial score (nSPS) is 10.6. The summed E-state index contributed by atoms with van der Waals surface area (Å²) in [5.41, 5.74) is 1.08. The van der Waals surface area contributed by atoms with Gasteiger partial charge in [-0.1, -0.05) is 23.2 Å². The highest BCUT2D eigenvalue weighted by Crippen LogP contribution is 2.29. The van der Waals surface area contributed by atoms with Gasteiger partial charge in [0.1, 0.15) is 5.82 Å². The molecule has 9 heteroatoms. The lowest BCUT2D eigenvalue weighted by molar-refractivity contribution is 0.102. The van der Waals surface area contributed by atoms with Gasteiger partial charge in [0.2, 0.25) is 0 Å². The first kappa shape index (κ1) is 19.0. The van der Waals surface area contributed by atoms with E-state index in [0.29, 0.717) is 44.4 Å². The first-order valence-electron chi connectivity index (χ1n) is 7.84. The average molecular weight is 407 g/mol. The van der Waals surface area contributed by atoms with Crippen LogP contribution in [0.1, 0.15) is 16.1 Å². The SMILES string of the molecule is COc1ccc(C(=O)Nc2cc(C)nn2-c2ncc(Cl)cc2Cl)cc1OC. The van der Waals surface area contributed by atoms with Crippen molar-refractivity contribution in [3.05, 3.63) is 57.8 Å². The maximum atomic E-state index is 12.7. The minimum Gasteiger partial charge on any atom is -0.493 e. The summed E-state index contributed by atoms with van der Waals surface area (Å²) in [5, 5.41) is 7.88. The number of anilines is 1. The van der Waals surface area contributed by atoms with Crippen LogP contribution in [0.25, 0.3) is 5.82 Å². The summed E-state index contributed by atoms with van der Waals surface area (Å²) in [6.07, 6.45) is 1.46. The van der Waals surface area contributed by atoms with Gasteiger partial charge in [0.25, 0.3) is 5.91 Å². The molecular weight excluding hydrogens is 391 g/mol. The first-order valence-corrected chi connectivity index (χ1v) is 8.60. The maximum Gasteiger partial charge on any atom is 0.256 e. The highest BCUT2D eigenvalue weighted by molar-refractivity contribution is 6.35. The summed E-state index contributed by atoms with van der Waals surface area (Å²) in [4.78, 5) is 16.9. The molecule has 1 aromatic carbocycles. The number of hydrogen-bond acceptors (Lipinski definition) is 5. The van der Waals surface area contributed by atoms with Gasteiger partial charge in [0, 0.05) is 17.8 Å². The molecule has 2 heterocycles. The van der Waals surface area contributed by atoms with Crippen LogP contribution in [0.15, 0.2) is 36.5 Å². The standard InChI is InChI=1S/C18H16Cl2N4O3/c1-10-6-16(24(23-10)17-13(20)8-12(19)9-21-17)22-18(25)11-4-5-14(26-2)15(7-11)27-3/h4-9H,1-3H3,(H,22,25). The second kappa shape index (κ2) is 7.85. The van der Waals surface area contributed by atoms with Crippen molar-refractivity contribution >= 4 is 34.9 Å². The monoisotopic (exact) mass is 406 g/mol. The van der Waals surface area contributed by atoms with Crippen molar-refractivity contribution in [3.8, 4) is 17.3 Å². The van der Waals surface area contributed by atoms with Crippen LogP contribution in [-0.2, 0) is 0 Å². The van der Waals surface area contributed by atoms with Crippen LogP contribution >= 0.6 is 23.2 Å². The van der Waals surface area contributed by atoms with Crippen molar-refractivity contribution in [2.24, 2.45) is 0 Å². The summed E-state index contributed by atoms with van der Waals surface area (Å²) in [7, 11) is 3.04. The van der Waals surface area contributed by atoms with E-state index in [1.54, 1.807) is 37.3 Å². The Kier molecular flexibility index (Phi) is 5.53. The topological polar surface area (TPSA) is 78.3 Å². The van der Waals surface area contributed by atoms with E-state index in [0.717, 1.165) is 0 Å². The maximum absolute atomic E-state index is 12.7. The smallest absolute Gasteiger partial charge is 0.256 e. The van der Waals surface area contributed by atoms with Crippen molar-refractivity contribution in [3.63, 3.8) is 0 Å². The molecular formula is C18H16Cl2N4O3. The van der Waals surface area contributed by atoms with E-state index in [9.17, 15) is 4.79 Å². The van der Waals surface area contributed by atoms with Crippen molar-refractivity contribution in [1.82, 2.24) is 14.8 Å². The third-order valence-electron chi connectivity index (χ3n) is 3.71. The lowest BCUT2D eigenvalue weighted by atomic mass is 10.2. The van der Waals surface area contributed by atoms with Gasteiger partial charge in [-0.05, 0) is 31.2 Å². The fraction of sp³-hybridized carbons (Fsp3) is 0.167. The average Bonchev–Trinajstić information content (AvgIpc) is 3.00. The Morgan fingerprint density at radius 2 is 1.85 bits per heavy atom. The molecule has 0 fully saturated rings. The Morgan fingerprint density at radius 1 is 1.11 bits per heavy atom. The van der Waals surface area contributed by atoms with Crippen LogP contribution in [0.2, 0.25) is 10.0 Å². The molecule has 3 aromatic rings. The van der Waals surface area contributed by atoms with Crippen LogP contribution in [0, 0.1) is 6.92 Å². The van der Waals surface area contributed by atoms with E-state index < -0.39 is 0 Å². The zero-order valence-corrected chi connectivity index (χ0v) is 16.3. The van der Waals surface area contributed by atoms with Crippen LogP contribution < -0.4 is 14.8 Å². The number of nitrogens with one attached hydrogen (secondary N) is 1. The van der Waals surface area contributed by atoms with Gasteiger partial charge in [-0.3, -0.25) is 4.79 Å². The number of aryl methyl sites for hydroxylation is 1. The molecule has 7 nitrogen and oxygen atoms in total. The number of carbonyl (C=O) groups excluding carboxylic acids is 1. The van der Waals surface area contributed by atoms with Crippen molar-refractivity contribution in [2.45, 2.75) is 6.92 Å². The molecule has 0 aliphatic rings. The minimum absolute atomic E-state index is 0.312. The molecule has 0 unspecified atom stereocenters. The predicted molar refractivity (Wildman–Crippen MR) is 104 cm³/mol. The predicted octanol–water partition coefficient (Wildman–Crippen LogP) is 4.15. The van der Waals surface area contributed by atoms with E-state index in [1.165, 1.54) is 25.1 Å². The second-order valence-electron chi connectivity index (χ2n) is 5.57. The second-order valence-corrected chi connectivity index (χ2v) is 6.41. The molecule has 0 atom stereocenters. The quantitative estimate of drug-likeness (QED) is 0.688. The highest BCUT2D eigenvalue weighted by Gasteiger charge is 2.17. The number of amides is 1. The number of ether oxygens (including phenoxy) is 2. The molecule has 0 saturated heterocycles. The largest absolute Gasteiger partial charge is 0.493 e. The van der Waals surface area contributed by atoms with E-state index in [1.807, 2.05) is 0 Å². The van der Waals surface area contributed by atoms with E-state index in [4.69, 9.17) is 32.7 Å². The Labute approximate surface area is 165 Å². The van der Waals surface area contributed by atoms with Gasteiger partial charge in [-0.25, -0.2) is 4.98 Å². The molecule has 27 heavy (non-hydrogen) atoms. The Morgan fingerprint density at radius 3 is 2.52 bits per heavy atom. The van der Waals surface area contributed by atoms with Gasteiger partial charge in [-0.15, -0.1) is 0 Å². The molecule has 1 amide bonds. The molecule has 0 bridgehead atoms. The fourth-order valence-electron chi connectivity index (χ4n) is 2.48. The third-order valence-corrected chi connectivity index (χ3v) is 4.19. The van der Waals surface area contributed by atoms with E-state index in [-0.39, 0.29) is 5.91 Å². The van der Waals surface area contributed by atoms with Gasteiger partial charge < -0.3 is 14.8 Å². The molecule has 1 N–H and O–H groups in total. The number of rotatable bonds is 5. The third kappa shape index (κ3) is 3.99. The van der Waals surface area contributed by atoms with Crippen LogP contribution in [0.3, 0.4) is 0 Å².